The van der Waals surface area contributed by atoms with Gasteiger partial charge in [-0.05, 0) is 36.4 Å². The molecule has 0 amide bonds. The molecule has 0 saturated carbocycles. The highest BCUT2D eigenvalue weighted by Crippen LogP contribution is 2.28. The lowest BCUT2D eigenvalue weighted by molar-refractivity contribution is -0.385. The molecular weight excluding hydrogens is 434 g/mol. The Balaban J connectivity index is 1.60. The number of nitrogens with zero attached hydrogens (tertiary/aromatic N) is 5. The van der Waals surface area contributed by atoms with Gasteiger partial charge in [-0.1, -0.05) is 24.3 Å². The summed E-state index contributed by atoms with van der Waals surface area (Å²) in [5, 5.41) is 15.8. The van der Waals surface area contributed by atoms with Crippen molar-refractivity contribution in [2.45, 2.75) is 12.5 Å². The van der Waals surface area contributed by atoms with Crippen molar-refractivity contribution in [1.29, 1.82) is 0 Å². The molecule has 0 aliphatic heterocycles. The number of aromatic nitrogens is 3. The van der Waals surface area contributed by atoms with E-state index in [4.69, 9.17) is 5.73 Å². The first-order chi connectivity index (χ1) is 16.5. The number of ketones is 1. The van der Waals surface area contributed by atoms with Crippen LogP contribution in [0.25, 0.3) is 5.69 Å². The second-order valence-electron chi connectivity index (χ2n) is 7.35. The summed E-state index contributed by atoms with van der Waals surface area (Å²) in [6, 6.07) is 17.7. The Bertz CT molecular complexity index is 1300. The second-order valence-corrected chi connectivity index (χ2v) is 7.35. The number of nitro benzene ring substituents is 1. The van der Waals surface area contributed by atoms with Crippen LogP contribution in [0.5, 0.6) is 0 Å². The van der Waals surface area contributed by atoms with Gasteiger partial charge in [-0.15, -0.1) is 0 Å². The van der Waals surface area contributed by atoms with E-state index < -0.39 is 11.0 Å². The van der Waals surface area contributed by atoms with Crippen LogP contribution in [0.3, 0.4) is 0 Å². The molecule has 2 aromatic carbocycles. The third-order valence-corrected chi connectivity index (χ3v) is 5.16. The van der Waals surface area contributed by atoms with Crippen LogP contribution in [0.2, 0.25) is 0 Å². The molecule has 0 aliphatic rings. The largest absolute Gasteiger partial charge is 0.380 e. The molecule has 1 atom stereocenters. The molecule has 2 aromatic heterocycles. The monoisotopic (exact) mass is 455 g/mol. The number of para-hydroxylation sites is 1. The van der Waals surface area contributed by atoms with Crippen molar-refractivity contribution in [2.75, 3.05) is 0 Å². The van der Waals surface area contributed by atoms with E-state index in [0.717, 1.165) is 5.69 Å². The Hall–Kier alpha value is -4.86. The van der Waals surface area contributed by atoms with Gasteiger partial charge in [0.05, 0.1) is 22.9 Å². The maximum atomic E-state index is 13.1. The molecule has 0 aliphatic carbocycles. The molecule has 0 spiro atoms. The highest BCUT2D eigenvalue weighted by Gasteiger charge is 2.24. The number of hydrogen-bond acceptors (Lipinski definition) is 7. The number of carbonyl (C=O) groups is 1. The van der Waals surface area contributed by atoms with Crippen LogP contribution in [0.4, 0.5) is 5.69 Å². The van der Waals surface area contributed by atoms with Gasteiger partial charge in [-0.25, -0.2) is 4.98 Å². The van der Waals surface area contributed by atoms with E-state index in [-0.39, 0.29) is 23.7 Å². The van der Waals surface area contributed by atoms with E-state index in [2.05, 4.69) is 20.5 Å². The summed E-state index contributed by atoms with van der Waals surface area (Å²) < 4.78 is 1.82. The van der Waals surface area contributed by atoms with Crippen molar-refractivity contribution in [3.8, 4) is 5.69 Å². The van der Waals surface area contributed by atoms with Crippen molar-refractivity contribution in [1.82, 2.24) is 20.0 Å². The summed E-state index contributed by atoms with van der Waals surface area (Å²) in [6.45, 7) is 0. The molecule has 4 rings (SSSR count). The first-order valence-corrected chi connectivity index (χ1v) is 10.4. The van der Waals surface area contributed by atoms with Crippen LogP contribution in [-0.4, -0.2) is 31.1 Å². The van der Waals surface area contributed by atoms with Crippen LogP contribution in [0.1, 0.15) is 34.1 Å². The van der Waals surface area contributed by atoms with E-state index in [1.54, 1.807) is 85.6 Å². The Morgan fingerprint density at radius 3 is 2.53 bits per heavy atom. The van der Waals surface area contributed by atoms with Crippen molar-refractivity contribution in [3.63, 3.8) is 0 Å². The quantitative estimate of drug-likeness (QED) is 0.129. The van der Waals surface area contributed by atoms with Crippen LogP contribution in [-0.2, 0) is 0 Å². The van der Waals surface area contributed by atoms with Gasteiger partial charge in [0.2, 0.25) is 0 Å². The van der Waals surface area contributed by atoms with Gasteiger partial charge in [0.25, 0.3) is 5.69 Å². The fraction of sp³-hybridized carbons (Fsp3) is 0.0833. The SMILES string of the molecule is N/C(=N/NC(CC(=O)c1ccc(-n2ccnc2)cc1)c1ccccc1[N+](=O)[O-])c1ccccn1. The summed E-state index contributed by atoms with van der Waals surface area (Å²) in [7, 11) is 0. The Morgan fingerprint density at radius 2 is 1.85 bits per heavy atom. The molecule has 2 heterocycles. The lowest BCUT2D eigenvalue weighted by Crippen LogP contribution is -2.25. The average Bonchev–Trinajstić information content (AvgIpc) is 3.42. The van der Waals surface area contributed by atoms with Gasteiger partial charge in [0, 0.05) is 42.3 Å². The molecule has 170 valence electrons. The van der Waals surface area contributed by atoms with Gasteiger partial charge >= 0.3 is 0 Å². The van der Waals surface area contributed by atoms with E-state index in [1.807, 2.05) is 4.57 Å². The third-order valence-electron chi connectivity index (χ3n) is 5.16. The van der Waals surface area contributed by atoms with E-state index in [0.29, 0.717) is 16.8 Å². The predicted octanol–water partition coefficient (Wildman–Crippen LogP) is 3.40. The maximum Gasteiger partial charge on any atom is 0.274 e. The Kier molecular flexibility index (Phi) is 6.68. The first-order valence-electron chi connectivity index (χ1n) is 10.4. The number of nitrogens with two attached hydrogens (primary N) is 1. The fourth-order valence-corrected chi connectivity index (χ4v) is 3.43. The summed E-state index contributed by atoms with van der Waals surface area (Å²) in [4.78, 5) is 32.4. The number of hydrazone groups is 1. The molecule has 3 N–H and O–H groups in total. The third kappa shape index (κ3) is 5.13. The van der Waals surface area contributed by atoms with Gasteiger partial charge in [-0.3, -0.25) is 25.3 Å². The minimum absolute atomic E-state index is 0.0751. The summed E-state index contributed by atoms with van der Waals surface area (Å²) in [6.07, 6.45) is 6.63. The Labute approximate surface area is 194 Å². The number of pyridine rings is 1. The number of nitro groups is 1. The topological polar surface area (TPSA) is 141 Å². The maximum absolute atomic E-state index is 13.1. The number of carbonyl (C=O) groups excluding carboxylic acids is 1. The molecule has 0 fully saturated rings. The van der Waals surface area contributed by atoms with Crippen molar-refractivity contribution < 1.29 is 9.72 Å². The Morgan fingerprint density at radius 1 is 1.09 bits per heavy atom. The van der Waals surface area contributed by atoms with Crippen molar-refractivity contribution >= 4 is 17.3 Å². The number of imidazole rings is 1. The molecule has 1 unspecified atom stereocenters. The predicted molar refractivity (Wildman–Crippen MR) is 126 cm³/mol. The van der Waals surface area contributed by atoms with E-state index in [9.17, 15) is 14.9 Å². The average molecular weight is 455 g/mol. The molecular formula is C24H21N7O3. The van der Waals surface area contributed by atoms with Crippen LogP contribution < -0.4 is 11.2 Å². The summed E-state index contributed by atoms with van der Waals surface area (Å²) >= 11 is 0. The molecule has 4 aromatic rings. The first kappa shape index (κ1) is 22.3. The van der Waals surface area contributed by atoms with Crippen molar-refractivity contribution in [3.05, 3.63) is 119 Å². The van der Waals surface area contributed by atoms with Crippen molar-refractivity contribution in [2.24, 2.45) is 10.8 Å². The molecule has 34 heavy (non-hydrogen) atoms. The van der Waals surface area contributed by atoms with Crippen LogP contribution in [0, 0.1) is 10.1 Å². The normalized spacial score (nSPS) is 12.2. The molecule has 0 bridgehead atoms. The highest BCUT2D eigenvalue weighted by molar-refractivity contribution is 5.97. The number of nitrogens with one attached hydrogen (secondary N) is 1. The number of Topliss-reactive ketones (excluding diaryl/α,β-unsaturated/α-hetero) is 1. The van der Waals surface area contributed by atoms with E-state index in [1.165, 1.54) is 6.07 Å². The molecule has 10 heteroatoms. The molecule has 0 saturated heterocycles. The van der Waals surface area contributed by atoms with Gasteiger partial charge < -0.3 is 10.3 Å². The van der Waals surface area contributed by atoms with Crippen LogP contribution in [0.15, 0.2) is 96.7 Å². The summed E-state index contributed by atoms with van der Waals surface area (Å²) in [5.41, 5.74) is 10.9. The minimum Gasteiger partial charge on any atom is -0.380 e. The number of amidine groups is 1. The zero-order valence-electron chi connectivity index (χ0n) is 18.0. The molecule has 10 nitrogen and oxygen atoms in total. The lowest BCUT2D eigenvalue weighted by Gasteiger charge is -2.17. The summed E-state index contributed by atoms with van der Waals surface area (Å²) in [5.74, 6) is -0.110. The van der Waals surface area contributed by atoms with Crippen LogP contribution >= 0.6 is 0 Å². The zero-order chi connectivity index (χ0) is 23.9. The zero-order valence-corrected chi connectivity index (χ0v) is 18.0. The standard InChI is InChI=1S/C24H21N7O3/c25-24(20-6-3-4-12-27-20)29-28-21(19-5-1-2-7-22(19)31(33)34)15-23(32)17-8-10-18(11-9-17)30-14-13-26-16-30/h1-14,16,21,28H,15H2,(H2,25,29). The highest BCUT2D eigenvalue weighted by atomic mass is 16.6. The number of hydrogen-bond donors (Lipinski definition) is 2. The van der Waals surface area contributed by atoms with Gasteiger partial charge in [0.1, 0.15) is 5.69 Å². The molecule has 0 radical (unpaired) electrons. The number of benzene rings is 2. The number of rotatable bonds is 9. The second kappa shape index (κ2) is 10.2. The van der Waals surface area contributed by atoms with Gasteiger partial charge in [0.15, 0.2) is 11.6 Å². The van der Waals surface area contributed by atoms with Gasteiger partial charge in [-0.2, -0.15) is 5.10 Å². The lowest BCUT2D eigenvalue weighted by atomic mass is 9.97. The minimum atomic E-state index is -0.787. The smallest absolute Gasteiger partial charge is 0.274 e. The fourth-order valence-electron chi connectivity index (χ4n) is 3.43. The van der Waals surface area contributed by atoms with E-state index >= 15 is 0 Å².